The van der Waals surface area contributed by atoms with Crippen molar-refractivity contribution >= 4 is 12.0 Å². The molecule has 2 aromatic rings. The van der Waals surface area contributed by atoms with E-state index in [1.165, 1.54) is 4.90 Å². The fraction of sp³-hybridized carbons (Fsp3) is 0.385. The monoisotopic (exact) mass is 452 g/mol. The van der Waals surface area contributed by atoms with Crippen molar-refractivity contribution in [3.63, 3.8) is 0 Å². The highest BCUT2D eigenvalue weighted by molar-refractivity contribution is 5.95. The number of hydrogen-bond acceptors (Lipinski definition) is 5. The Morgan fingerprint density at radius 1 is 1.12 bits per heavy atom. The van der Waals surface area contributed by atoms with E-state index in [1.54, 1.807) is 20.1 Å². The van der Waals surface area contributed by atoms with Crippen LogP contribution in [-0.4, -0.2) is 43.8 Å². The molecule has 0 unspecified atom stereocenters. The quantitative estimate of drug-likeness (QED) is 0.592. The Morgan fingerprint density at radius 2 is 1.88 bits per heavy atom. The fourth-order valence-electron chi connectivity index (χ4n) is 4.01. The van der Waals surface area contributed by atoms with Crippen LogP contribution in [0, 0.1) is 20.8 Å². The predicted molar refractivity (Wildman–Crippen MR) is 126 cm³/mol. The van der Waals surface area contributed by atoms with Crippen LogP contribution >= 0.6 is 0 Å². The number of methoxy groups -OCH3 is 1. The Kier molecular flexibility index (Phi) is 7.63. The number of nitrogens with one attached hydrogen (secondary N) is 1. The first-order chi connectivity index (χ1) is 15.8. The van der Waals surface area contributed by atoms with Crippen LogP contribution in [0.1, 0.15) is 42.1 Å². The smallest absolute Gasteiger partial charge is 0.338 e. The predicted octanol–water partition coefficient (Wildman–Crippen LogP) is 4.60. The van der Waals surface area contributed by atoms with Gasteiger partial charge in [-0.1, -0.05) is 18.2 Å². The van der Waals surface area contributed by atoms with E-state index in [0.717, 1.165) is 28.0 Å². The van der Waals surface area contributed by atoms with Crippen LogP contribution in [0.4, 0.5) is 4.79 Å². The molecule has 2 aromatic carbocycles. The fourth-order valence-corrected chi connectivity index (χ4v) is 4.01. The van der Waals surface area contributed by atoms with Gasteiger partial charge in [0.2, 0.25) is 0 Å². The van der Waals surface area contributed by atoms with E-state index in [9.17, 15) is 9.59 Å². The maximum atomic E-state index is 13.2. The molecule has 1 atom stereocenters. The Morgan fingerprint density at radius 3 is 2.55 bits per heavy atom. The molecule has 7 nitrogen and oxygen atoms in total. The largest absolute Gasteiger partial charge is 0.497 e. The maximum Gasteiger partial charge on any atom is 0.338 e. The highest BCUT2D eigenvalue weighted by atomic mass is 16.5. The number of carbonyl (C=O) groups excluding carboxylic acids is 2. The third-order valence-electron chi connectivity index (χ3n) is 5.81. The summed E-state index contributed by atoms with van der Waals surface area (Å²) in [5.41, 5.74) is 4.79. The average molecular weight is 453 g/mol. The molecule has 33 heavy (non-hydrogen) atoms. The number of benzene rings is 2. The molecule has 0 spiro atoms. The van der Waals surface area contributed by atoms with Crippen LogP contribution in [0.25, 0.3) is 0 Å². The molecule has 1 N–H and O–H groups in total. The summed E-state index contributed by atoms with van der Waals surface area (Å²) in [6.45, 7) is 10.3. The molecule has 176 valence electrons. The van der Waals surface area contributed by atoms with E-state index in [4.69, 9.17) is 14.2 Å². The highest BCUT2D eigenvalue weighted by Crippen LogP contribution is 2.34. The number of urea groups is 1. The van der Waals surface area contributed by atoms with E-state index < -0.39 is 12.0 Å². The number of carbonyl (C=O) groups is 2. The van der Waals surface area contributed by atoms with Gasteiger partial charge in [0.1, 0.15) is 18.1 Å². The molecular formula is C26H32N2O5. The second-order valence-electron chi connectivity index (χ2n) is 7.98. The summed E-state index contributed by atoms with van der Waals surface area (Å²) in [6, 6.07) is 10.4. The lowest BCUT2D eigenvalue weighted by Crippen LogP contribution is -2.49. The van der Waals surface area contributed by atoms with Crippen LogP contribution < -0.4 is 14.8 Å². The van der Waals surface area contributed by atoms with E-state index in [0.29, 0.717) is 23.6 Å². The third kappa shape index (κ3) is 5.13. The molecule has 1 aliphatic rings. The van der Waals surface area contributed by atoms with Crippen molar-refractivity contribution in [3.8, 4) is 11.5 Å². The third-order valence-corrected chi connectivity index (χ3v) is 5.81. The Hall–Kier alpha value is -3.48. The van der Waals surface area contributed by atoms with Crippen LogP contribution in [0.3, 0.4) is 0 Å². The lowest BCUT2D eigenvalue weighted by atomic mass is 9.94. The summed E-state index contributed by atoms with van der Waals surface area (Å²) in [7, 11) is 1.57. The molecule has 0 bridgehead atoms. The van der Waals surface area contributed by atoms with Gasteiger partial charge in [0.25, 0.3) is 0 Å². The maximum absolute atomic E-state index is 13.2. The number of esters is 1. The molecule has 0 aromatic heterocycles. The topological polar surface area (TPSA) is 77.1 Å². The second kappa shape index (κ2) is 10.4. The van der Waals surface area contributed by atoms with Crippen molar-refractivity contribution < 1.29 is 23.8 Å². The minimum atomic E-state index is -0.687. The molecule has 7 heteroatoms. The van der Waals surface area contributed by atoms with Crippen molar-refractivity contribution in [1.29, 1.82) is 0 Å². The molecule has 3 rings (SSSR count). The van der Waals surface area contributed by atoms with E-state index in [1.807, 2.05) is 52.0 Å². The number of rotatable bonds is 8. The van der Waals surface area contributed by atoms with Crippen LogP contribution in [0.15, 0.2) is 47.7 Å². The first-order valence-electron chi connectivity index (χ1n) is 11.1. The van der Waals surface area contributed by atoms with Crippen LogP contribution in [-0.2, 0) is 9.53 Å². The van der Waals surface area contributed by atoms with Crippen molar-refractivity contribution in [3.05, 3.63) is 69.9 Å². The SMILES string of the molecule is CCOC(=O)C1=C(COc2cc(C)cc(C)c2C)N(CC)C(=O)N[C@@H]1c1cccc(OC)c1. The lowest BCUT2D eigenvalue weighted by molar-refractivity contribution is -0.139. The molecule has 2 amide bonds. The number of hydrogen-bond donors (Lipinski definition) is 1. The Bertz CT molecular complexity index is 1080. The summed E-state index contributed by atoms with van der Waals surface area (Å²) in [4.78, 5) is 27.7. The number of ether oxygens (including phenoxy) is 3. The second-order valence-corrected chi connectivity index (χ2v) is 7.98. The van der Waals surface area contributed by atoms with Crippen molar-refractivity contribution in [1.82, 2.24) is 10.2 Å². The average Bonchev–Trinajstić information content (AvgIpc) is 2.80. The van der Waals surface area contributed by atoms with Gasteiger partial charge in [0, 0.05) is 6.54 Å². The summed E-state index contributed by atoms with van der Waals surface area (Å²) in [6.07, 6.45) is 0. The zero-order valence-electron chi connectivity index (χ0n) is 20.2. The van der Waals surface area contributed by atoms with Gasteiger partial charge in [-0.2, -0.15) is 0 Å². The van der Waals surface area contributed by atoms with E-state index in [2.05, 4.69) is 11.4 Å². The molecule has 0 fully saturated rings. The van der Waals surface area contributed by atoms with Gasteiger partial charge in [-0.25, -0.2) is 9.59 Å². The first-order valence-corrected chi connectivity index (χ1v) is 11.1. The molecule has 0 radical (unpaired) electrons. The van der Waals surface area contributed by atoms with Gasteiger partial charge in [-0.3, -0.25) is 4.90 Å². The zero-order chi connectivity index (χ0) is 24.1. The van der Waals surface area contributed by atoms with Gasteiger partial charge in [0.05, 0.1) is 31.0 Å². The number of aryl methyl sites for hydroxylation is 2. The Labute approximate surface area is 195 Å². The molecule has 0 saturated heterocycles. The zero-order valence-corrected chi connectivity index (χ0v) is 20.2. The van der Waals surface area contributed by atoms with Gasteiger partial charge >= 0.3 is 12.0 Å². The summed E-state index contributed by atoms with van der Waals surface area (Å²) in [5.74, 6) is 0.870. The summed E-state index contributed by atoms with van der Waals surface area (Å²) >= 11 is 0. The molecule has 0 saturated carbocycles. The summed E-state index contributed by atoms with van der Waals surface area (Å²) in [5, 5.41) is 2.95. The van der Waals surface area contributed by atoms with E-state index in [-0.39, 0.29) is 19.2 Å². The van der Waals surface area contributed by atoms with Gasteiger partial charge in [-0.05, 0) is 75.1 Å². The minimum Gasteiger partial charge on any atom is -0.497 e. The van der Waals surface area contributed by atoms with E-state index >= 15 is 0 Å². The number of likely N-dealkylation sites (N-methyl/N-ethyl adjacent to an activating group) is 1. The molecule has 1 heterocycles. The molecular weight excluding hydrogens is 420 g/mol. The van der Waals surface area contributed by atoms with Crippen molar-refractivity contribution in [2.45, 2.75) is 40.7 Å². The van der Waals surface area contributed by atoms with Gasteiger partial charge in [0.15, 0.2) is 0 Å². The van der Waals surface area contributed by atoms with Crippen molar-refractivity contribution in [2.24, 2.45) is 0 Å². The Balaban J connectivity index is 2.11. The standard InChI is InChI=1S/C26H32N2O5/c1-7-28-21(15-33-22-13-16(3)12-17(4)18(22)5)23(25(29)32-8-2)24(27-26(28)30)19-10-9-11-20(14-19)31-6/h9-14,24H,7-8,15H2,1-6H3,(H,27,30)/t24-/m1/s1. The van der Waals surface area contributed by atoms with Gasteiger partial charge < -0.3 is 19.5 Å². The minimum absolute atomic E-state index is 0.0552. The van der Waals surface area contributed by atoms with Crippen LogP contribution in [0.5, 0.6) is 11.5 Å². The molecule has 0 aliphatic carbocycles. The molecule has 1 aliphatic heterocycles. The number of nitrogens with zero attached hydrogens (tertiary/aromatic N) is 1. The first kappa shape index (κ1) is 24.2. The highest BCUT2D eigenvalue weighted by Gasteiger charge is 2.38. The van der Waals surface area contributed by atoms with Crippen molar-refractivity contribution in [2.75, 3.05) is 26.9 Å². The number of amides is 2. The van der Waals surface area contributed by atoms with Crippen LogP contribution in [0.2, 0.25) is 0 Å². The normalized spacial score (nSPS) is 15.9. The summed E-state index contributed by atoms with van der Waals surface area (Å²) < 4.78 is 16.9. The van der Waals surface area contributed by atoms with Gasteiger partial charge in [-0.15, -0.1) is 0 Å². The lowest BCUT2D eigenvalue weighted by Gasteiger charge is -2.36.